The summed E-state index contributed by atoms with van der Waals surface area (Å²) < 4.78 is 0.741. The van der Waals surface area contributed by atoms with Crippen LogP contribution in [0, 0.1) is 12.8 Å². The Hall–Kier alpha value is -1.36. The van der Waals surface area contributed by atoms with Crippen LogP contribution in [0.25, 0.3) is 0 Å². The molecule has 104 valence electrons. The van der Waals surface area contributed by atoms with Crippen LogP contribution in [0.2, 0.25) is 0 Å². The van der Waals surface area contributed by atoms with Gasteiger partial charge in [0.25, 0.3) is 5.91 Å². The third-order valence-corrected chi connectivity index (χ3v) is 4.00. The second-order valence-electron chi connectivity index (χ2n) is 4.86. The van der Waals surface area contributed by atoms with E-state index in [-0.39, 0.29) is 24.3 Å². The number of carboxylic acids is 1. The molecule has 1 aromatic rings. The average Bonchev–Trinajstić information content (AvgIpc) is 2.31. The summed E-state index contributed by atoms with van der Waals surface area (Å²) in [5, 5.41) is 11.6. The van der Waals surface area contributed by atoms with Gasteiger partial charge in [-0.05, 0) is 40.4 Å². The van der Waals surface area contributed by atoms with Gasteiger partial charge in [-0.2, -0.15) is 0 Å². The van der Waals surface area contributed by atoms with Gasteiger partial charge in [0.15, 0.2) is 0 Å². The summed E-state index contributed by atoms with van der Waals surface area (Å²) in [5.74, 6) is -1.11. The molecule has 5 heteroatoms. The zero-order valence-electron chi connectivity index (χ0n) is 11.2. The summed E-state index contributed by atoms with van der Waals surface area (Å²) in [7, 11) is 0. The van der Waals surface area contributed by atoms with Crippen LogP contribution >= 0.6 is 15.9 Å². The minimum Gasteiger partial charge on any atom is -0.481 e. The van der Waals surface area contributed by atoms with Crippen molar-refractivity contribution in [2.75, 3.05) is 0 Å². The van der Waals surface area contributed by atoms with E-state index in [1.54, 1.807) is 12.1 Å². The lowest BCUT2D eigenvalue weighted by molar-refractivity contribution is -0.137. The highest BCUT2D eigenvalue weighted by molar-refractivity contribution is 9.10. The Balaban J connectivity index is 2.88. The Morgan fingerprint density at radius 3 is 2.53 bits per heavy atom. The Bertz CT molecular complexity index is 486. The molecule has 2 N–H and O–H groups in total. The van der Waals surface area contributed by atoms with Crippen molar-refractivity contribution < 1.29 is 14.7 Å². The highest BCUT2D eigenvalue weighted by Crippen LogP contribution is 2.21. The molecule has 1 unspecified atom stereocenters. The second-order valence-corrected chi connectivity index (χ2v) is 5.65. The molecule has 0 aliphatic rings. The lowest BCUT2D eigenvalue weighted by Gasteiger charge is -2.21. The van der Waals surface area contributed by atoms with Gasteiger partial charge in [0.1, 0.15) is 0 Å². The van der Waals surface area contributed by atoms with E-state index >= 15 is 0 Å². The van der Waals surface area contributed by atoms with Crippen molar-refractivity contribution in [2.24, 2.45) is 5.92 Å². The number of amides is 1. The molecule has 4 nitrogen and oxygen atoms in total. The molecule has 0 spiro atoms. The van der Waals surface area contributed by atoms with E-state index in [2.05, 4.69) is 21.2 Å². The highest BCUT2D eigenvalue weighted by Gasteiger charge is 2.21. The lowest BCUT2D eigenvalue weighted by Crippen LogP contribution is -2.40. The summed E-state index contributed by atoms with van der Waals surface area (Å²) in [5.41, 5.74) is 1.49. The van der Waals surface area contributed by atoms with E-state index in [0.717, 1.165) is 10.0 Å². The van der Waals surface area contributed by atoms with Gasteiger partial charge in [0, 0.05) is 10.5 Å². The quantitative estimate of drug-likeness (QED) is 0.873. The lowest BCUT2D eigenvalue weighted by atomic mass is 10.0. The standard InChI is InChI=1S/C14H18BrNO3/c1-8(2)11(7-12(17)18)16-14(19)10-6-4-5-9(3)13(10)15/h4-6,8,11H,7H2,1-3H3,(H,16,19)(H,17,18). The fourth-order valence-corrected chi connectivity index (χ4v) is 2.15. The first-order valence-electron chi connectivity index (χ1n) is 6.10. The van der Waals surface area contributed by atoms with E-state index in [1.807, 2.05) is 26.8 Å². The maximum Gasteiger partial charge on any atom is 0.305 e. The van der Waals surface area contributed by atoms with Crippen LogP contribution in [0.1, 0.15) is 36.2 Å². The van der Waals surface area contributed by atoms with E-state index in [4.69, 9.17) is 5.11 Å². The summed E-state index contributed by atoms with van der Waals surface area (Å²) in [4.78, 5) is 23.0. The molecule has 0 radical (unpaired) electrons. The first-order valence-corrected chi connectivity index (χ1v) is 6.90. The molecular weight excluding hydrogens is 310 g/mol. The van der Waals surface area contributed by atoms with Crippen LogP contribution in [-0.2, 0) is 4.79 Å². The molecule has 0 saturated heterocycles. The summed E-state index contributed by atoms with van der Waals surface area (Å²) in [6.45, 7) is 5.68. The van der Waals surface area contributed by atoms with Gasteiger partial charge in [0.2, 0.25) is 0 Å². The number of hydrogen-bond acceptors (Lipinski definition) is 2. The fourth-order valence-electron chi connectivity index (χ4n) is 1.71. The van der Waals surface area contributed by atoms with Crippen molar-refractivity contribution in [3.8, 4) is 0 Å². The zero-order valence-corrected chi connectivity index (χ0v) is 12.8. The monoisotopic (exact) mass is 327 g/mol. The predicted octanol–water partition coefficient (Wildman–Crippen LogP) is 2.99. The summed E-state index contributed by atoms with van der Waals surface area (Å²) >= 11 is 3.38. The number of carboxylic acid groups (broad SMARTS) is 1. The molecule has 0 saturated carbocycles. The molecule has 0 heterocycles. The molecule has 0 aromatic heterocycles. The fraction of sp³-hybridized carbons (Fsp3) is 0.429. The van der Waals surface area contributed by atoms with Crippen LogP contribution in [0.3, 0.4) is 0 Å². The smallest absolute Gasteiger partial charge is 0.305 e. The number of benzene rings is 1. The van der Waals surface area contributed by atoms with Crippen LogP contribution in [0.15, 0.2) is 22.7 Å². The molecule has 1 atom stereocenters. The predicted molar refractivity (Wildman–Crippen MR) is 77.2 cm³/mol. The van der Waals surface area contributed by atoms with Gasteiger partial charge >= 0.3 is 5.97 Å². The largest absolute Gasteiger partial charge is 0.481 e. The molecule has 0 fully saturated rings. The molecule has 1 rings (SSSR count). The van der Waals surface area contributed by atoms with E-state index in [1.165, 1.54) is 0 Å². The number of aliphatic carboxylic acids is 1. The van der Waals surface area contributed by atoms with Crippen molar-refractivity contribution >= 4 is 27.8 Å². The van der Waals surface area contributed by atoms with Gasteiger partial charge < -0.3 is 10.4 Å². The number of halogens is 1. The first kappa shape index (κ1) is 15.7. The minimum atomic E-state index is -0.915. The number of aryl methyl sites for hydroxylation is 1. The molecule has 1 amide bonds. The molecule has 19 heavy (non-hydrogen) atoms. The highest BCUT2D eigenvalue weighted by atomic mass is 79.9. The zero-order chi connectivity index (χ0) is 14.6. The van der Waals surface area contributed by atoms with Crippen LogP contribution in [0.5, 0.6) is 0 Å². The van der Waals surface area contributed by atoms with E-state index in [9.17, 15) is 9.59 Å². The Morgan fingerprint density at radius 1 is 1.37 bits per heavy atom. The van der Waals surface area contributed by atoms with Gasteiger partial charge in [-0.3, -0.25) is 9.59 Å². The van der Waals surface area contributed by atoms with Crippen LogP contribution in [0.4, 0.5) is 0 Å². The second kappa shape index (κ2) is 6.70. The van der Waals surface area contributed by atoms with Gasteiger partial charge in [-0.25, -0.2) is 0 Å². The molecule has 0 bridgehead atoms. The van der Waals surface area contributed by atoms with Crippen molar-refractivity contribution in [1.29, 1.82) is 0 Å². The van der Waals surface area contributed by atoms with Crippen molar-refractivity contribution in [1.82, 2.24) is 5.32 Å². The number of hydrogen-bond donors (Lipinski definition) is 2. The van der Waals surface area contributed by atoms with Crippen LogP contribution < -0.4 is 5.32 Å². The Kier molecular flexibility index (Phi) is 5.54. The van der Waals surface area contributed by atoms with Gasteiger partial charge in [-0.15, -0.1) is 0 Å². The minimum absolute atomic E-state index is 0.0589. The van der Waals surface area contributed by atoms with Gasteiger partial charge in [-0.1, -0.05) is 26.0 Å². The molecule has 0 aliphatic carbocycles. The number of carbonyl (C=O) groups is 2. The SMILES string of the molecule is Cc1cccc(C(=O)NC(CC(=O)O)C(C)C)c1Br. The number of nitrogens with one attached hydrogen (secondary N) is 1. The van der Waals surface area contributed by atoms with Crippen molar-refractivity contribution in [3.63, 3.8) is 0 Å². The van der Waals surface area contributed by atoms with Crippen LogP contribution in [-0.4, -0.2) is 23.0 Å². The maximum absolute atomic E-state index is 12.2. The Labute approximate surface area is 121 Å². The summed E-state index contributed by atoms with van der Waals surface area (Å²) in [6.07, 6.45) is -0.0765. The molecule has 1 aromatic carbocycles. The van der Waals surface area contributed by atoms with Gasteiger partial charge in [0.05, 0.1) is 12.0 Å². The normalized spacial score (nSPS) is 12.3. The molecule has 0 aliphatic heterocycles. The van der Waals surface area contributed by atoms with Crippen molar-refractivity contribution in [3.05, 3.63) is 33.8 Å². The Morgan fingerprint density at radius 2 is 2.00 bits per heavy atom. The van der Waals surface area contributed by atoms with E-state index < -0.39 is 5.97 Å². The van der Waals surface area contributed by atoms with Crippen molar-refractivity contribution in [2.45, 2.75) is 33.2 Å². The maximum atomic E-state index is 12.2. The topological polar surface area (TPSA) is 66.4 Å². The third-order valence-electron chi connectivity index (χ3n) is 2.95. The average molecular weight is 328 g/mol. The summed E-state index contributed by atoms with van der Waals surface area (Å²) in [6, 6.07) is 5.04. The first-order chi connectivity index (χ1) is 8.82. The number of carbonyl (C=O) groups excluding carboxylic acids is 1. The third kappa shape index (κ3) is 4.35. The number of rotatable bonds is 5. The molecular formula is C14H18BrNO3. The van der Waals surface area contributed by atoms with E-state index in [0.29, 0.717) is 5.56 Å².